The highest BCUT2D eigenvalue weighted by Gasteiger charge is 2.32. The molecule has 0 saturated carbocycles. The predicted molar refractivity (Wildman–Crippen MR) is 90.7 cm³/mol. The fourth-order valence-corrected chi connectivity index (χ4v) is 4.03. The Morgan fingerprint density at radius 2 is 2.04 bits per heavy atom. The number of hydrogen-bond acceptors (Lipinski definition) is 3. The van der Waals surface area contributed by atoms with Crippen molar-refractivity contribution in [3.8, 4) is 0 Å². The molecule has 1 aliphatic heterocycles. The number of carbonyl (C=O) groups is 1. The van der Waals surface area contributed by atoms with E-state index in [-0.39, 0.29) is 24.6 Å². The van der Waals surface area contributed by atoms with Gasteiger partial charge >= 0.3 is 6.18 Å². The Morgan fingerprint density at radius 3 is 2.65 bits per heavy atom. The van der Waals surface area contributed by atoms with Crippen LogP contribution in [0.5, 0.6) is 0 Å². The predicted octanol–water partition coefficient (Wildman–Crippen LogP) is 1.95. The van der Waals surface area contributed by atoms with Crippen molar-refractivity contribution in [3.05, 3.63) is 35.4 Å². The lowest BCUT2D eigenvalue weighted by molar-refractivity contribution is -0.137. The molecule has 1 saturated heterocycles. The molecule has 0 aliphatic carbocycles. The van der Waals surface area contributed by atoms with Gasteiger partial charge in [-0.05, 0) is 37.0 Å². The minimum Gasteiger partial charge on any atom is -0.352 e. The van der Waals surface area contributed by atoms with Crippen LogP contribution in [0.1, 0.15) is 28.8 Å². The molecule has 10 heteroatoms. The highest BCUT2D eigenvalue weighted by atomic mass is 32.2. The Hall–Kier alpha value is -1.65. The van der Waals surface area contributed by atoms with Crippen LogP contribution in [-0.2, 0) is 16.4 Å². The molecule has 1 N–H and O–H groups in total. The lowest BCUT2D eigenvalue weighted by atomic mass is 9.99. The number of carbonyl (C=O) groups excluding carboxylic acids is 1. The molecule has 1 amide bonds. The minimum atomic E-state index is -4.51. The van der Waals surface area contributed by atoms with E-state index in [1.165, 1.54) is 30.5 Å². The van der Waals surface area contributed by atoms with Gasteiger partial charge in [-0.3, -0.25) is 4.79 Å². The topological polar surface area (TPSA) is 69.7 Å². The van der Waals surface area contributed by atoms with Gasteiger partial charge in [0, 0.05) is 39.3 Å². The van der Waals surface area contributed by atoms with Gasteiger partial charge in [0.2, 0.25) is 0 Å². The number of nitrogens with zero attached hydrogens (tertiary/aromatic N) is 2. The third-order valence-corrected chi connectivity index (χ3v) is 6.18. The van der Waals surface area contributed by atoms with Crippen LogP contribution in [0.15, 0.2) is 24.3 Å². The van der Waals surface area contributed by atoms with Crippen molar-refractivity contribution in [1.29, 1.82) is 0 Å². The first-order valence-corrected chi connectivity index (χ1v) is 9.54. The molecule has 146 valence electrons. The largest absolute Gasteiger partial charge is 0.416 e. The smallest absolute Gasteiger partial charge is 0.352 e. The summed E-state index contributed by atoms with van der Waals surface area (Å²) in [5.41, 5.74) is -0.959. The van der Waals surface area contributed by atoms with Gasteiger partial charge in [-0.15, -0.1) is 0 Å². The van der Waals surface area contributed by atoms with Crippen LogP contribution in [0.25, 0.3) is 0 Å². The average Bonchev–Trinajstić information content (AvgIpc) is 2.59. The molecule has 1 aromatic carbocycles. The van der Waals surface area contributed by atoms with Crippen LogP contribution in [0.2, 0.25) is 0 Å². The number of nitrogens with one attached hydrogen (secondary N) is 1. The molecule has 1 aliphatic rings. The molecule has 1 unspecified atom stereocenters. The zero-order valence-electron chi connectivity index (χ0n) is 14.6. The second-order valence-corrected chi connectivity index (χ2v) is 8.59. The zero-order valence-corrected chi connectivity index (χ0v) is 15.4. The van der Waals surface area contributed by atoms with Crippen molar-refractivity contribution < 1.29 is 26.4 Å². The third-order valence-electron chi connectivity index (χ3n) is 4.27. The summed E-state index contributed by atoms with van der Waals surface area (Å²) in [4.78, 5) is 12.1. The summed E-state index contributed by atoms with van der Waals surface area (Å²) in [6.45, 7) is 0.885. The maximum atomic E-state index is 12.7. The second kappa shape index (κ2) is 7.93. The number of amides is 1. The lowest BCUT2D eigenvalue weighted by Gasteiger charge is -2.33. The first-order valence-electron chi connectivity index (χ1n) is 8.15. The number of piperidine rings is 1. The molecule has 0 bridgehead atoms. The molecule has 2 rings (SSSR count). The van der Waals surface area contributed by atoms with Crippen LogP contribution >= 0.6 is 0 Å². The first-order chi connectivity index (χ1) is 12.0. The summed E-state index contributed by atoms with van der Waals surface area (Å²) < 4.78 is 65.0. The van der Waals surface area contributed by atoms with Crippen molar-refractivity contribution in [2.24, 2.45) is 5.92 Å². The van der Waals surface area contributed by atoms with E-state index in [0.29, 0.717) is 13.0 Å². The van der Waals surface area contributed by atoms with E-state index in [2.05, 4.69) is 5.32 Å². The lowest BCUT2D eigenvalue weighted by Crippen LogP contribution is -2.47. The van der Waals surface area contributed by atoms with Crippen molar-refractivity contribution >= 4 is 16.1 Å². The van der Waals surface area contributed by atoms with Crippen molar-refractivity contribution in [2.75, 3.05) is 33.7 Å². The second-order valence-electron chi connectivity index (χ2n) is 6.45. The van der Waals surface area contributed by atoms with Gasteiger partial charge in [0.25, 0.3) is 16.1 Å². The standard InChI is InChI=1S/C16H22F3N3O3S/c1-21(2)26(24,25)22-8-4-5-12(11-22)10-20-15(23)13-6-3-7-14(9-13)16(17,18)19/h3,6-7,9,12H,4-5,8,10-11H2,1-2H3,(H,20,23). The summed E-state index contributed by atoms with van der Waals surface area (Å²) in [6, 6.07) is 4.21. The Bertz CT molecular complexity index is 751. The highest BCUT2D eigenvalue weighted by molar-refractivity contribution is 7.86. The quantitative estimate of drug-likeness (QED) is 0.831. The summed E-state index contributed by atoms with van der Waals surface area (Å²) in [5, 5.41) is 2.61. The Balaban J connectivity index is 1.97. The van der Waals surface area contributed by atoms with Crippen LogP contribution in [0, 0.1) is 5.92 Å². The Kier molecular flexibility index (Phi) is 6.30. The van der Waals surface area contributed by atoms with Gasteiger partial charge in [-0.2, -0.15) is 30.2 Å². The maximum absolute atomic E-state index is 12.7. The van der Waals surface area contributed by atoms with E-state index in [9.17, 15) is 26.4 Å². The third kappa shape index (κ3) is 4.95. The van der Waals surface area contributed by atoms with Gasteiger partial charge in [-0.1, -0.05) is 6.07 Å². The molecular formula is C16H22F3N3O3S. The summed E-state index contributed by atoms with van der Waals surface area (Å²) in [6.07, 6.45) is -3.11. The molecule has 6 nitrogen and oxygen atoms in total. The van der Waals surface area contributed by atoms with Crippen LogP contribution < -0.4 is 5.32 Å². The summed E-state index contributed by atoms with van der Waals surface area (Å²) in [7, 11) is -0.611. The molecule has 1 aromatic rings. The number of alkyl halides is 3. The van der Waals surface area contributed by atoms with Crippen LogP contribution in [-0.4, -0.2) is 56.7 Å². The van der Waals surface area contributed by atoms with Gasteiger partial charge in [0.1, 0.15) is 0 Å². The molecule has 1 atom stereocenters. The fourth-order valence-electron chi connectivity index (χ4n) is 2.81. The zero-order chi connectivity index (χ0) is 19.5. The summed E-state index contributed by atoms with van der Waals surface area (Å²) in [5.74, 6) is -0.697. The van der Waals surface area contributed by atoms with E-state index in [1.54, 1.807) is 0 Å². The monoisotopic (exact) mass is 393 g/mol. The molecule has 0 aromatic heterocycles. The number of rotatable bonds is 5. The van der Waals surface area contributed by atoms with E-state index >= 15 is 0 Å². The average molecular weight is 393 g/mol. The van der Waals surface area contributed by atoms with Crippen molar-refractivity contribution in [3.63, 3.8) is 0 Å². The normalized spacial score (nSPS) is 19.5. The number of hydrogen-bond donors (Lipinski definition) is 1. The first kappa shape index (κ1) is 20.7. The van der Waals surface area contributed by atoms with Crippen molar-refractivity contribution in [1.82, 2.24) is 13.9 Å². The Labute approximate surface area is 151 Å². The molecule has 0 radical (unpaired) electrons. The molecule has 1 heterocycles. The van der Waals surface area contributed by atoms with Crippen LogP contribution in [0.4, 0.5) is 13.2 Å². The van der Waals surface area contributed by atoms with Crippen molar-refractivity contribution in [2.45, 2.75) is 19.0 Å². The summed E-state index contributed by atoms with van der Waals surface area (Å²) >= 11 is 0. The van der Waals surface area contributed by atoms with Crippen LogP contribution in [0.3, 0.4) is 0 Å². The van der Waals surface area contributed by atoms with Gasteiger partial charge in [0.05, 0.1) is 5.56 Å². The molecule has 1 fully saturated rings. The number of halogens is 3. The van der Waals surface area contributed by atoms with E-state index in [1.807, 2.05) is 0 Å². The Morgan fingerprint density at radius 1 is 1.35 bits per heavy atom. The van der Waals surface area contributed by atoms with Gasteiger partial charge in [0.15, 0.2) is 0 Å². The molecule has 26 heavy (non-hydrogen) atoms. The molecule has 0 spiro atoms. The molecular weight excluding hydrogens is 371 g/mol. The van der Waals surface area contributed by atoms with E-state index in [0.717, 1.165) is 22.9 Å². The van der Waals surface area contributed by atoms with Gasteiger partial charge in [-0.25, -0.2) is 0 Å². The van der Waals surface area contributed by atoms with E-state index < -0.39 is 27.9 Å². The SMILES string of the molecule is CN(C)S(=O)(=O)N1CCCC(CNC(=O)c2cccc(C(F)(F)F)c2)C1. The minimum absolute atomic E-state index is 0.0756. The van der Waals surface area contributed by atoms with Gasteiger partial charge < -0.3 is 5.32 Å². The maximum Gasteiger partial charge on any atom is 0.416 e. The highest BCUT2D eigenvalue weighted by Crippen LogP contribution is 2.29. The fraction of sp³-hybridized carbons (Fsp3) is 0.562. The van der Waals surface area contributed by atoms with E-state index in [4.69, 9.17) is 0 Å². The number of benzene rings is 1.